The number of amides is 4. The molecule has 55 heavy (non-hydrogen) atoms. The molecule has 4 amide bonds. The standard InChI is InChI=1S/C41H58N8O6/c1-25(2)33(46-38(52)54-5)37(51)49-22-8-9-30(49)34-42-23-29(44-34)27-11-13-28(14-12-27)40-15-18-41(19-16-40,20-17-40)32-24-43-35(45-32)31-10-7-21-48(31)36(50)26(3)47(4)39(53)55-6/h11-14,23,25-26,30-33H,7-10,15-22,24H2,1-6H3,(H,42,44)(H,43,45)(H,46,52)/t26?,30-,31-,32?,33-,40?,41?/m0/s1. The predicted molar refractivity (Wildman–Crippen MR) is 207 cm³/mol. The van der Waals surface area contributed by atoms with Crippen LogP contribution in [0.25, 0.3) is 11.3 Å². The van der Waals surface area contributed by atoms with Crippen LogP contribution in [0.3, 0.4) is 0 Å². The molecule has 6 aliphatic rings. The molecule has 3 aliphatic carbocycles. The van der Waals surface area contributed by atoms with Gasteiger partial charge in [-0.15, -0.1) is 0 Å². The smallest absolute Gasteiger partial charge is 0.409 e. The summed E-state index contributed by atoms with van der Waals surface area (Å²) in [5, 5.41) is 6.55. The number of aliphatic imine (C=N–C) groups is 1. The van der Waals surface area contributed by atoms with Gasteiger partial charge in [0.25, 0.3) is 0 Å². The van der Waals surface area contributed by atoms with E-state index in [1.54, 1.807) is 14.0 Å². The number of alkyl carbamates (subject to hydrolysis) is 1. The van der Waals surface area contributed by atoms with Crippen LogP contribution in [0.2, 0.25) is 0 Å². The Labute approximate surface area is 324 Å². The molecule has 5 fully saturated rings. The van der Waals surface area contributed by atoms with Gasteiger partial charge < -0.3 is 34.9 Å². The summed E-state index contributed by atoms with van der Waals surface area (Å²) < 4.78 is 9.62. The number of hydrogen-bond acceptors (Lipinski definition) is 9. The number of ether oxygens (including phenoxy) is 2. The second kappa shape index (κ2) is 15.5. The van der Waals surface area contributed by atoms with E-state index in [-0.39, 0.29) is 46.7 Å². The van der Waals surface area contributed by atoms with Gasteiger partial charge in [0.05, 0.1) is 50.8 Å². The van der Waals surface area contributed by atoms with Gasteiger partial charge in [0.2, 0.25) is 11.8 Å². The van der Waals surface area contributed by atoms with Crippen molar-refractivity contribution in [3.05, 3.63) is 41.9 Å². The molecular weight excluding hydrogens is 701 g/mol. The molecule has 14 heteroatoms. The van der Waals surface area contributed by atoms with E-state index < -0.39 is 24.3 Å². The summed E-state index contributed by atoms with van der Waals surface area (Å²) in [6, 6.07) is 7.73. The van der Waals surface area contributed by atoms with Gasteiger partial charge in [0, 0.05) is 20.1 Å². The van der Waals surface area contributed by atoms with Gasteiger partial charge in [-0.1, -0.05) is 38.1 Å². The van der Waals surface area contributed by atoms with E-state index in [1.807, 2.05) is 29.8 Å². The number of carbonyl (C=O) groups is 4. The number of hydrogen-bond donors (Lipinski definition) is 3. The lowest BCUT2D eigenvalue weighted by atomic mass is 9.50. The average Bonchev–Trinajstić information content (AvgIpc) is 4.06. The van der Waals surface area contributed by atoms with Gasteiger partial charge in [0.1, 0.15) is 23.7 Å². The van der Waals surface area contributed by atoms with Crippen molar-refractivity contribution in [1.82, 2.24) is 35.3 Å². The SMILES string of the molecule is COC(=O)N[C@H](C(=O)N1CCC[C@H]1c1ncc(-c2ccc(C34CCC(C5CN=C([C@@H]6CCCN6C(=O)C(C)N(C)C(=O)OC)N5)(CC3)CC4)cc2)[nH]1)C(C)C. The number of rotatable bonds is 10. The number of benzene rings is 1. The fraction of sp³-hybridized carbons (Fsp3) is 0.659. The highest BCUT2D eigenvalue weighted by Gasteiger charge is 2.54. The number of nitrogens with zero attached hydrogens (tertiary/aromatic N) is 5. The molecule has 0 radical (unpaired) electrons. The Bertz CT molecular complexity index is 1770. The van der Waals surface area contributed by atoms with Gasteiger partial charge in [-0.3, -0.25) is 19.5 Å². The molecule has 5 atom stereocenters. The molecule has 3 aliphatic heterocycles. The zero-order valence-corrected chi connectivity index (χ0v) is 33.2. The van der Waals surface area contributed by atoms with Crippen molar-refractivity contribution in [2.75, 3.05) is 40.9 Å². The number of methoxy groups -OCH3 is 2. The largest absolute Gasteiger partial charge is 0.453 e. The number of fused-ring (bicyclic) bond motifs is 3. The van der Waals surface area contributed by atoms with Crippen LogP contribution in [0, 0.1) is 11.3 Å². The van der Waals surface area contributed by atoms with Crippen molar-refractivity contribution in [1.29, 1.82) is 0 Å². The molecule has 1 aromatic heterocycles. The summed E-state index contributed by atoms with van der Waals surface area (Å²) in [5.41, 5.74) is 3.76. The second-order valence-corrected chi connectivity index (χ2v) is 16.8. The summed E-state index contributed by atoms with van der Waals surface area (Å²) in [6.07, 6.45) is 11.1. The molecule has 2 unspecified atom stereocenters. The Balaban J connectivity index is 0.960. The van der Waals surface area contributed by atoms with Crippen molar-refractivity contribution in [3.8, 4) is 11.3 Å². The number of aromatic amines is 1. The molecule has 8 rings (SSSR count). The molecule has 2 saturated heterocycles. The summed E-state index contributed by atoms with van der Waals surface area (Å²) in [4.78, 5) is 69.5. The van der Waals surface area contributed by atoms with E-state index in [0.717, 1.165) is 93.7 Å². The molecule has 2 bridgehead atoms. The number of amidine groups is 1. The van der Waals surface area contributed by atoms with Crippen LogP contribution >= 0.6 is 0 Å². The van der Waals surface area contributed by atoms with Crippen LogP contribution < -0.4 is 10.6 Å². The summed E-state index contributed by atoms with van der Waals surface area (Å²) >= 11 is 0. The van der Waals surface area contributed by atoms with Crippen LogP contribution in [0.5, 0.6) is 0 Å². The van der Waals surface area contributed by atoms with Crippen molar-refractivity contribution in [2.45, 2.75) is 121 Å². The van der Waals surface area contributed by atoms with Crippen LogP contribution in [0.1, 0.15) is 102 Å². The zero-order valence-electron chi connectivity index (χ0n) is 33.2. The molecule has 3 saturated carbocycles. The third kappa shape index (κ3) is 7.17. The number of imidazole rings is 1. The Morgan fingerprint density at radius 3 is 2.15 bits per heavy atom. The monoisotopic (exact) mass is 758 g/mol. The first-order chi connectivity index (χ1) is 26.4. The molecule has 298 valence electrons. The van der Waals surface area contributed by atoms with Crippen molar-refractivity contribution in [3.63, 3.8) is 0 Å². The van der Waals surface area contributed by atoms with E-state index >= 15 is 0 Å². The number of nitrogens with one attached hydrogen (secondary N) is 3. The second-order valence-electron chi connectivity index (χ2n) is 16.8. The molecule has 3 N–H and O–H groups in total. The minimum atomic E-state index is -0.669. The van der Waals surface area contributed by atoms with E-state index in [1.165, 1.54) is 24.7 Å². The Morgan fingerprint density at radius 2 is 1.53 bits per heavy atom. The molecule has 4 heterocycles. The highest BCUT2D eigenvalue weighted by Crippen LogP contribution is 2.59. The van der Waals surface area contributed by atoms with Crippen molar-refractivity contribution < 1.29 is 28.7 Å². The number of likely N-dealkylation sites (tertiary alicyclic amines) is 2. The molecule has 1 aromatic carbocycles. The lowest BCUT2D eigenvalue weighted by Crippen LogP contribution is -2.57. The molecule has 14 nitrogen and oxygen atoms in total. The third-order valence-corrected chi connectivity index (χ3v) is 13.7. The number of likely N-dealkylation sites (N-methyl/N-ethyl adjacent to an activating group) is 1. The maximum Gasteiger partial charge on any atom is 0.409 e. The van der Waals surface area contributed by atoms with Crippen molar-refractivity contribution in [2.24, 2.45) is 16.3 Å². The van der Waals surface area contributed by atoms with E-state index in [0.29, 0.717) is 13.1 Å². The number of carbonyl (C=O) groups excluding carboxylic acids is 4. The minimum absolute atomic E-state index is 0.0702. The Morgan fingerprint density at radius 1 is 0.891 bits per heavy atom. The van der Waals surface area contributed by atoms with E-state index in [4.69, 9.17) is 19.5 Å². The summed E-state index contributed by atoms with van der Waals surface area (Å²) in [5.74, 6) is 1.42. The number of H-pyrrole nitrogens is 1. The Kier molecular flexibility index (Phi) is 10.9. The maximum absolute atomic E-state index is 13.6. The van der Waals surface area contributed by atoms with Gasteiger partial charge in [-0.2, -0.15) is 0 Å². The first kappa shape index (κ1) is 38.6. The lowest BCUT2D eigenvalue weighted by Gasteiger charge is -2.56. The first-order valence-corrected chi connectivity index (χ1v) is 20.1. The number of aromatic nitrogens is 2. The predicted octanol–water partition coefficient (Wildman–Crippen LogP) is 5.16. The quantitative estimate of drug-likeness (QED) is 0.300. The maximum atomic E-state index is 13.6. The van der Waals surface area contributed by atoms with Gasteiger partial charge in [0.15, 0.2) is 0 Å². The molecule has 2 aromatic rings. The van der Waals surface area contributed by atoms with Crippen LogP contribution in [-0.2, 0) is 24.5 Å². The normalized spacial score (nSPS) is 28.4. The topological polar surface area (TPSA) is 162 Å². The van der Waals surface area contributed by atoms with E-state index in [2.05, 4.69) is 39.9 Å². The van der Waals surface area contributed by atoms with Crippen molar-refractivity contribution >= 4 is 29.8 Å². The first-order valence-electron chi connectivity index (χ1n) is 20.1. The Hall–Kier alpha value is -4.62. The third-order valence-electron chi connectivity index (χ3n) is 13.7. The highest BCUT2D eigenvalue weighted by atomic mass is 16.5. The van der Waals surface area contributed by atoms with Crippen LogP contribution in [0.15, 0.2) is 35.5 Å². The van der Waals surface area contributed by atoms with Crippen LogP contribution in [-0.4, -0.2) is 120 Å². The van der Waals surface area contributed by atoms with Crippen LogP contribution in [0.4, 0.5) is 9.59 Å². The summed E-state index contributed by atoms with van der Waals surface area (Å²) in [7, 11) is 4.23. The van der Waals surface area contributed by atoms with Gasteiger partial charge in [-0.05, 0) is 99.0 Å². The average molecular weight is 759 g/mol. The van der Waals surface area contributed by atoms with E-state index in [9.17, 15) is 19.2 Å². The zero-order chi connectivity index (χ0) is 39.1. The molecular formula is C41H58N8O6. The highest BCUT2D eigenvalue weighted by molar-refractivity contribution is 5.95. The molecule has 0 spiro atoms. The minimum Gasteiger partial charge on any atom is -0.453 e. The fourth-order valence-electron chi connectivity index (χ4n) is 10.0. The fourth-order valence-corrected chi connectivity index (χ4v) is 10.0. The summed E-state index contributed by atoms with van der Waals surface area (Å²) in [6.45, 7) is 7.62. The lowest BCUT2D eigenvalue weighted by molar-refractivity contribution is -0.136. The van der Waals surface area contributed by atoms with Gasteiger partial charge >= 0.3 is 12.2 Å². The van der Waals surface area contributed by atoms with Gasteiger partial charge in [-0.25, -0.2) is 14.6 Å².